The summed E-state index contributed by atoms with van der Waals surface area (Å²) >= 11 is 12.5. The molecule has 2 unspecified atom stereocenters. The van der Waals surface area contributed by atoms with Crippen LogP contribution in [0.5, 0.6) is 0 Å². The van der Waals surface area contributed by atoms with E-state index in [1.54, 1.807) is 0 Å². The van der Waals surface area contributed by atoms with Gasteiger partial charge in [-0.3, -0.25) is 4.90 Å². The van der Waals surface area contributed by atoms with Gasteiger partial charge in [0.25, 0.3) is 0 Å². The fourth-order valence-corrected chi connectivity index (χ4v) is 5.38. The van der Waals surface area contributed by atoms with Crippen molar-refractivity contribution in [2.45, 2.75) is 88.3 Å². The molecule has 2 saturated carbocycles. The molecule has 2 aliphatic rings. The van der Waals surface area contributed by atoms with Gasteiger partial charge in [-0.1, -0.05) is 61.9 Å². The molecule has 0 heterocycles. The molecule has 3 rings (SSSR count). The Morgan fingerprint density at radius 3 is 2.32 bits per heavy atom. The molecular formula is C21H31Cl2NO. The topological polar surface area (TPSA) is 23.5 Å². The number of rotatable bonds is 6. The second-order valence-electron chi connectivity index (χ2n) is 8.02. The normalized spacial score (nSPS) is 23.3. The van der Waals surface area contributed by atoms with E-state index in [-0.39, 0.29) is 17.6 Å². The number of aliphatic hydroxyl groups excluding tert-OH is 1. The first-order valence-electron chi connectivity index (χ1n) is 9.85. The summed E-state index contributed by atoms with van der Waals surface area (Å²) in [5.41, 5.74) is 1.24. The van der Waals surface area contributed by atoms with Gasteiger partial charge in [0.15, 0.2) is 0 Å². The van der Waals surface area contributed by atoms with Crippen LogP contribution in [0.2, 0.25) is 10.0 Å². The fourth-order valence-electron chi connectivity index (χ4n) is 5.09. The van der Waals surface area contributed by atoms with Crippen molar-refractivity contribution in [2.24, 2.45) is 0 Å². The van der Waals surface area contributed by atoms with E-state index in [0.717, 1.165) is 19.3 Å². The van der Waals surface area contributed by atoms with E-state index in [2.05, 4.69) is 24.9 Å². The van der Waals surface area contributed by atoms with Crippen LogP contribution in [0.3, 0.4) is 0 Å². The second-order valence-corrected chi connectivity index (χ2v) is 8.83. The van der Waals surface area contributed by atoms with E-state index in [1.165, 1.54) is 44.1 Å². The van der Waals surface area contributed by atoms with Crippen LogP contribution in [0.4, 0.5) is 0 Å². The van der Waals surface area contributed by atoms with Gasteiger partial charge >= 0.3 is 0 Å². The van der Waals surface area contributed by atoms with Crippen molar-refractivity contribution in [2.75, 3.05) is 7.05 Å². The van der Waals surface area contributed by atoms with E-state index in [9.17, 15) is 5.11 Å². The van der Waals surface area contributed by atoms with Gasteiger partial charge in [0, 0.05) is 17.5 Å². The molecule has 25 heavy (non-hydrogen) atoms. The number of benzene rings is 1. The van der Waals surface area contributed by atoms with Crippen molar-refractivity contribution in [3.63, 3.8) is 0 Å². The lowest BCUT2D eigenvalue weighted by Gasteiger charge is -2.55. The minimum Gasteiger partial charge on any atom is -0.391 e. The molecule has 1 aromatic rings. The fraction of sp³-hybridized carbons (Fsp3) is 0.714. The van der Waals surface area contributed by atoms with Crippen LogP contribution in [0, 0.1) is 0 Å². The van der Waals surface area contributed by atoms with E-state index < -0.39 is 0 Å². The standard InChI is InChI=1S/C21H31Cl2NO/c1-3-19(25)20(24(2)16-8-5-4-6-9-16)21(12-7-13-21)15-10-11-17(22)18(23)14-15/h10-11,14,16,19-20,25H,3-9,12-13H2,1-2H3. The Morgan fingerprint density at radius 2 is 1.80 bits per heavy atom. The van der Waals surface area contributed by atoms with Crippen LogP contribution in [-0.4, -0.2) is 35.2 Å². The molecule has 4 heteroatoms. The number of hydrogen-bond donors (Lipinski definition) is 1. The molecule has 2 nitrogen and oxygen atoms in total. The van der Waals surface area contributed by atoms with Crippen molar-refractivity contribution in [1.82, 2.24) is 4.90 Å². The van der Waals surface area contributed by atoms with Gasteiger partial charge in [-0.2, -0.15) is 0 Å². The molecule has 1 aromatic carbocycles. The lowest BCUT2D eigenvalue weighted by atomic mass is 9.58. The number of halogens is 2. The zero-order chi connectivity index (χ0) is 18.0. The maximum atomic E-state index is 11.0. The van der Waals surface area contributed by atoms with Crippen molar-refractivity contribution in [3.8, 4) is 0 Å². The monoisotopic (exact) mass is 383 g/mol. The van der Waals surface area contributed by atoms with Gasteiger partial charge < -0.3 is 5.11 Å². The first-order valence-corrected chi connectivity index (χ1v) is 10.6. The number of nitrogens with zero attached hydrogens (tertiary/aromatic N) is 1. The molecule has 1 N–H and O–H groups in total. The third-order valence-corrected chi connectivity index (χ3v) is 7.42. The second kappa shape index (κ2) is 8.17. The molecule has 0 aromatic heterocycles. The average molecular weight is 384 g/mol. The largest absolute Gasteiger partial charge is 0.391 e. The molecule has 0 saturated heterocycles. The maximum Gasteiger partial charge on any atom is 0.0701 e. The summed E-state index contributed by atoms with van der Waals surface area (Å²) < 4.78 is 0. The van der Waals surface area contributed by atoms with Gasteiger partial charge in [-0.15, -0.1) is 0 Å². The number of hydrogen-bond acceptors (Lipinski definition) is 2. The molecule has 0 aliphatic heterocycles. The van der Waals surface area contributed by atoms with Crippen molar-refractivity contribution in [3.05, 3.63) is 33.8 Å². The lowest BCUT2D eigenvalue weighted by molar-refractivity contribution is -0.0409. The predicted octanol–water partition coefficient (Wildman–Crippen LogP) is 5.82. The van der Waals surface area contributed by atoms with Crippen LogP contribution in [0.25, 0.3) is 0 Å². The highest BCUT2D eigenvalue weighted by molar-refractivity contribution is 6.42. The Balaban J connectivity index is 1.95. The summed E-state index contributed by atoms with van der Waals surface area (Å²) in [6.45, 7) is 2.09. The number of likely N-dealkylation sites (N-methyl/N-ethyl adjacent to an activating group) is 1. The predicted molar refractivity (Wildman–Crippen MR) is 107 cm³/mol. The molecule has 2 aliphatic carbocycles. The summed E-state index contributed by atoms with van der Waals surface area (Å²) in [6.07, 6.45) is 10.4. The molecular weight excluding hydrogens is 353 g/mol. The Morgan fingerprint density at radius 1 is 1.12 bits per heavy atom. The minimum absolute atomic E-state index is 0.00411. The third-order valence-electron chi connectivity index (χ3n) is 6.68. The molecule has 140 valence electrons. The first kappa shape index (κ1) is 19.5. The van der Waals surface area contributed by atoms with E-state index in [4.69, 9.17) is 23.2 Å². The Hall–Kier alpha value is -0.280. The SMILES string of the molecule is CCC(O)C(N(C)C1CCCCC1)C1(c2ccc(Cl)c(Cl)c2)CCC1. The summed E-state index contributed by atoms with van der Waals surface area (Å²) in [4.78, 5) is 2.51. The number of aliphatic hydroxyl groups is 1. The molecule has 0 spiro atoms. The zero-order valence-electron chi connectivity index (χ0n) is 15.5. The highest BCUT2D eigenvalue weighted by atomic mass is 35.5. The van der Waals surface area contributed by atoms with Gasteiger partial charge in [-0.05, 0) is 56.8 Å². The quantitative estimate of drug-likeness (QED) is 0.668. The molecule has 0 radical (unpaired) electrons. The highest BCUT2D eigenvalue weighted by Crippen LogP contribution is 2.51. The maximum absolute atomic E-state index is 11.0. The van der Waals surface area contributed by atoms with Crippen molar-refractivity contribution >= 4 is 23.2 Å². The van der Waals surface area contributed by atoms with Crippen LogP contribution >= 0.6 is 23.2 Å². The Labute approximate surface area is 162 Å². The molecule has 0 bridgehead atoms. The van der Waals surface area contributed by atoms with Gasteiger partial charge in [0.1, 0.15) is 0 Å². The Kier molecular flexibility index (Phi) is 6.36. The smallest absolute Gasteiger partial charge is 0.0701 e. The molecule has 2 atom stereocenters. The van der Waals surface area contributed by atoms with Crippen molar-refractivity contribution < 1.29 is 5.11 Å². The van der Waals surface area contributed by atoms with Crippen LogP contribution in [0.15, 0.2) is 18.2 Å². The highest BCUT2D eigenvalue weighted by Gasteiger charge is 2.50. The van der Waals surface area contributed by atoms with Crippen molar-refractivity contribution in [1.29, 1.82) is 0 Å². The van der Waals surface area contributed by atoms with Crippen LogP contribution < -0.4 is 0 Å². The minimum atomic E-state index is -0.318. The molecule has 2 fully saturated rings. The average Bonchev–Trinajstić information content (AvgIpc) is 2.60. The Bertz CT molecular complexity index is 581. The van der Waals surface area contributed by atoms with Crippen LogP contribution in [0.1, 0.15) is 70.3 Å². The van der Waals surface area contributed by atoms with Crippen LogP contribution in [-0.2, 0) is 5.41 Å². The summed E-state index contributed by atoms with van der Waals surface area (Å²) in [7, 11) is 2.23. The van der Waals surface area contributed by atoms with E-state index in [1.807, 2.05) is 12.1 Å². The summed E-state index contributed by atoms with van der Waals surface area (Å²) in [6, 6.07) is 6.80. The van der Waals surface area contributed by atoms with E-state index >= 15 is 0 Å². The van der Waals surface area contributed by atoms with Gasteiger partial charge in [0.05, 0.1) is 16.1 Å². The van der Waals surface area contributed by atoms with Gasteiger partial charge in [0.2, 0.25) is 0 Å². The zero-order valence-corrected chi connectivity index (χ0v) is 17.0. The van der Waals surface area contributed by atoms with Gasteiger partial charge in [-0.25, -0.2) is 0 Å². The summed E-state index contributed by atoms with van der Waals surface area (Å²) in [5, 5.41) is 12.2. The lowest BCUT2D eigenvalue weighted by Crippen LogP contribution is -2.61. The third kappa shape index (κ3) is 3.74. The first-order chi connectivity index (χ1) is 12.0. The molecule has 0 amide bonds. The summed E-state index contributed by atoms with van der Waals surface area (Å²) in [5.74, 6) is 0. The van der Waals surface area contributed by atoms with E-state index in [0.29, 0.717) is 16.1 Å².